The van der Waals surface area contributed by atoms with E-state index in [1.807, 2.05) is 0 Å². The van der Waals surface area contributed by atoms with Gasteiger partial charge in [-0.05, 0) is 24.3 Å². The van der Waals surface area contributed by atoms with E-state index in [2.05, 4.69) is 10.6 Å². The summed E-state index contributed by atoms with van der Waals surface area (Å²) in [6, 6.07) is 13.5. The quantitative estimate of drug-likeness (QED) is 0.754. The second-order valence-corrected chi connectivity index (χ2v) is 8.11. The number of methoxy groups -OCH3 is 1. The van der Waals surface area contributed by atoms with E-state index in [0.717, 1.165) is 4.31 Å². The van der Waals surface area contributed by atoms with Gasteiger partial charge in [0.2, 0.25) is 21.8 Å². The van der Waals surface area contributed by atoms with Crippen molar-refractivity contribution in [2.75, 3.05) is 25.5 Å². The van der Waals surface area contributed by atoms with Gasteiger partial charge in [-0.3, -0.25) is 9.59 Å². The van der Waals surface area contributed by atoms with E-state index in [1.165, 1.54) is 19.2 Å². The standard InChI is InChI=1S/C19H21N3O5S/c1-27-15-7-5-6-14(12-15)21-18(23)13-17-19(24)20-10-11-22(17)28(25,26)16-8-3-2-4-9-16/h2-9,12,17H,10-11,13H2,1H3,(H,20,24)(H,21,23). The summed E-state index contributed by atoms with van der Waals surface area (Å²) >= 11 is 0. The van der Waals surface area contributed by atoms with E-state index in [9.17, 15) is 18.0 Å². The molecule has 3 rings (SSSR count). The van der Waals surface area contributed by atoms with Crippen LogP contribution in [0.1, 0.15) is 6.42 Å². The number of carbonyl (C=O) groups excluding carboxylic acids is 2. The van der Waals surface area contributed by atoms with E-state index in [1.54, 1.807) is 42.5 Å². The van der Waals surface area contributed by atoms with Gasteiger partial charge in [-0.25, -0.2) is 8.42 Å². The summed E-state index contributed by atoms with van der Waals surface area (Å²) in [6.45, 7) is 0.291. The number of ether oxygens (including phenoxy) is 1. The Morgan fingerprint density at radius 2 is 1.96 bits per heavy atom. The molecular formula is C19H21N3O5S. The summed E-state index contributed by atoms with van der Waals surface area (Å²) in [6.07, 6.45) is -0.297. The van der Waals surface area contributed by atoms with Gasteiger partial charge in [0.05, 0.1) is 18.4 Å². The fourth-order valence-electron chi connectivity index (χ4n) is 2.99. The Labute approximate surface area is 163 Å². The molecular weight excluding hydrogens is 382 g/mol. The molecule has 28 heavy (non-hydrogen) atoms. The van der Waals surface area contributed by atoms with E-state index < -0.39 is 27.9 Å². The average Bonchev–Trinajstić information content (AvgIpc) is 2.70. The normalized spacial score (nSPS) is 17.6. The first-order valence-electron chi connectivity index (χ1n) is 8.70. The van der Waals surface area contributed by atoms with E-state index in [0.29, 0.717) is 11.4 Å². The summed E-state index contributed by atoms with van der Waals surface area (Å²) in [5.41, 5.74) is 0.498. The van der Waals surface area contributed by atoms with Crippen molar-refractivity contribution in [3.05, 3.63) is 54.6 Å². The maximum Gasteiger partial charge on any atom is 0.243 e. The molecule has 1 fully saturated rings. The summed E-state index contributed by atoms with van der Waals surface area (Å²) in [7, 11) is -2.39. The van der Waals surface area contributed by atoms with Gasteiger partial charge in [0.25, 0.3) is 0 Å². The van der Waals surface area contributed by atoms with Crippen LogP contribution in [-0.4, -0.2) is 50.8 Å². The van der Waals surface area contributed by atoms with Crippen LogP contribution >= 0.6 is 0 Å². The van der Waals surface area contributed by atoms with Gasteiger partial charge in [0.15, 0.2) is 0 Å². The molecule has 9 heteroatoms. The van der Waals surface area contributed by atoms with Crippen LogP contribution in [0.5, 0.6) is 5.75 Å². The number of hydrogen-bond donors (Lipinski definition) is 2. The number of benzene rings is 2. The number of nitrogens with zero attached hydrogens (tertiary/aromatic N) is 1. The minimum Gasteiger partial charge on any atom is -0.497 e. The number of hydrogen-bond acceptors (Lipinski definition) is 5. The molecule has 0 aromatic heterocycles. The van der Waals surface area contributed by atoms with Gasteiger partial charge in [0.1, 0.15) is 11.8 Å². The Bertz CT molecular complexity index is 963. The fourth-order valence-corrected chi connectivity index (χ4v) is 4.60. The Balaban J connectivity index is 1.79. The molecule has 1 atom stereocenters. The summed E-state index contributed by atoms with van der Waals surface area (Å²) < 4.78 is 32.1. The van der Waals surface area contributed by atoms with Crippen molar-refractivity contribution in [3.63, 3.8) is 0 Å². The lowest BCUT2D eigenvalue weighted by Crippen LogP contribution is -2.57. The number of piperazine rings is 1. The molecule has 0 radical (unpaired) electrons. The van der Waals surface area contributed by atoms with Crippen molar-refractivity contribution >= 4 is 27.5 Å². The molecule has 2 N–H and O–H groups in total. The predicted octanol–water partition coefficient (Wildman–Crippen LogP) is 1.21. The number of anilines is 1. The third-order valence-electron chi connectivity index (χ3n) is 4.36. The lowest BCUT2D eigenvalue weighted by Gasteiger charge is -2.33. The molecule has 1 heterocycles. The molecule has 2 amide bonds. The van der Waals surface area contributed by atoms with Gasteiger partial charge in [-0.1, -0.05) is 24.3 Å². The van der Waals surface area contributed by atoms with Crippen LogP contribution in [0, 0.1) is 0 Å². The Kier molecular flexibility index (Phi) is 5.96. The maximum absolute atomic E-state index is 13.0. The molecule has 0 aliphatic carbocycles. The predicted molar refractivity (Wildman–Crippen MR) is 103 cm³/mol. The maximum atomic E-state index is 13.0. The average molecular weight is 403 g/mol. The van der Waals surface area contributed by atoms with Crippen molar-refractivity contribution in [1.82, 2.24) is 9.62 Å². The summed E-state index contributed by atoms with van der Waals surface area (Å²) in [5.74, 6) is -0.392. The van der Waals surface area contributed by atoms with E-state index in [4.69, 9.17) is 4.74 Å². The molecule has 2 aromatic rings. The third-order valence-corrected chi connectivity index (χ3v) is 6.29. The smallest absolute Gasteiger partial charge is 0.243 e. The van der Waals surface area contributed by atoms with Crippen molar-refractivity contribution < 1.29 is 22.7 Å². The molecule has 1 aliphatic rings. The van der Waals surface area contributed by atoms with Gasteiger partial charge < -0.3 is 15.4 Å². The lowest BCUT2D eigenvalue weighted by molar-refractivity contribution is -0.130. The minimum absolute atomic E-state index is 0.0860. The number of carbonyl (C=O) groups is 2. The fraction of sp³-hybridized carbons (Fsp3) is 0.263. The molecule has 1 saturated heterocycles. The van der Waals surface area contributed by atoms with Crippen LogP contribution in [-0.2, 0) is 19.6 Å². The number of sulfonamides is 1. The lowest BCUT2D eigenvalue weighted by atomic mass is 10.1. The highest BCUT2D eigenvalue weighted by Crippen LogP contribution is 2.22. The number of rotatable bonds is 6. The molecule has 1 unspecified atom stereocenters. The highest BCUT2D eigenvalue weighted by atomic mass is 32.2. The van der Waals surface area contributed by atoms with Crippen molar-refractivity contribution in [2.24, 2.45) is 0 Å². The highest BCUT2D eigenvalue weighted by Gasteiger charge is 2.39. The van der Waals surface area contributed by atoms with E-state index >= 15 is 0 Å². The second kappa shape index (κ2) is 8.41. The zero-order chi connectivity index (χ0) is 20.1. The Morgan fingerprint density at radius 3 is 2.68 bits per heavy atom. The third kappa shape index (κ3) is 4.32. The molecule has 1 aliphatic heterocycles. The second-order valence-electron chi connectivity index (χ2n) is 6.22. The first kappa shape index (κ1) is 19.8. The van der Waals surface area contributed by atoms with Gasteiger partial charge in [-0.2, -0.15) is 4.31 Å². The van der Waals surface area contributed by atoms with Gasteiger partial charge >= 0.3 is 0 Å². The van der Waals surface area contributed by atoms with Gasteiger partial charge in [-0.15, -0.1) is 0 Å². The Hall–Kier alpha value is -2.91. The van der Waals surface area contributed by atoms with Crippen molar-refractivity contribution in [1.29, 1.82) is 0 Å². The molecule has 0 saturated carbocycles. The first-order valence-corrected chi connectivity index (χ1v) is 10.1. The summed E-state index contributed by atoms with van der Waals surface area (Å²) in [5, 5.41) is 5.30. The van der Waals surface area contributed by atoms with E-state index in [-0.39, 0.29) is 24.4 Å². The zero-order valence-corrected chi connectivity index (χ0v) is 16.1. The van der Waals surface area contributed by atoms with Crippen LogP contribution in [0.3, 0.4) is 0 Å². The molecule has 148 valence electrons. The van der Waals surface area contributed by atoms with Crippen LogP contribution in [0.15, 0.2) is 59.5 Å². The van der Waals surface area contributed by atoms with Crippen LogP contribution in [0.2, 0.25) is 0 Å². The molecule has 8 nitrogen and oxygen atoms in total. The van der Waals surface area contributed by atoms with Crippen LogP contribution in [0.4, 0.5) is 5.69 Å². The largest absolute Gasteiger partial charge is 0.497 e. The first-order chi connectivity index (χ1) is 13.4. The van der Waals surface area contributed by atoms with Crippen LogP contribution < -0.4 is 15.4 Å². The summed E-state index contributed by atoms with van der Waals surface area (Å²) in [4.78, 5) is 24.9. The monoisotopic (exact) mass is 403 g/mol. The topological polar surface area (TPSA) is 105 Å². The van der Waals surface area contributed by atoms with Gasteiger partial charge in [0, 0.05) is 24.8 Å². The number of amides is 2. The number of nitrogens with one attached hydrogen (secondary N) is 2. The van der Waals surface area contributed by atoms with Crippen molar-refractivity contribution in [3.8, 4) is 5.75 Å². The molecule has 2 aromatic carbocycles. The minimum atomic E-state index is -3.90. The van der Waals surface area contributed by atoms with Crippen LogP contribution in [0.25, 0.3) is 0 Å². The molecule has 0 spiro atoms. The SMILES string of the molecule is COc1cccc(NC(=O)CC2C(=O)NCCN2S(=O)(=O)c2ccccc2)c1. The zero-order valence-electron chi connectivity index (χ0n) is 15.3. The highest BCUT2D eigenvalue weighted by molar-refractivity contribution is 7.89. The van der Waals surface area contributed by atoms with Crippen molar-refractivity contribution in [2.45, 2.75) is 17.4 Å². The molecule has 0 bridgehead atoms. The Morgan fingerprint density at radius 1 is 1.21 bits per heavy atom.